The molecule has 114 valence electrons. The van der Waals surface area contributed by atoms with Crippen LogP contribution in [0.4, 0.5) is 0 Å². The summed E-state index contributed by atoms with van der Waals surface area (Å²) in [5.41, 5.74) is 5.49. The Hall–Kier alpha value is -2.08. The van der Waals surface area contributed by atoms with E-state index in [1.807, 2.05) is 0 Å². The van der Waals surface area contributed by atoms with Gasteiger partial charge >= 0.3 is 0 Å². The van der Waals surface area contributed by atoms with E-state index in [4.69, 9.17) is 15.2 Å². The molecule has 2 amide bonds. The summed E-state index contributed by atoms with van der Waals surface area (Å²) in [6, 6.07) is 6.85. The van der Waals surface area contributed by atoms with Crippen molar-refractivity contribution in [2.24, 2.45) is 11.7 Å². The minimum atomic E-state index is -0.575. The third-order valence-corrected chi connectivity index (χ3v) is 3.39. The molecule has 6 heteroatoms. The van der Waals surface area contributed by atoms with E-state index in [9.17, 15) is 9.59 Å². The van der Waals surface area contributed by atoms with Gasteiger partial charge in [0, 0.05) is 26.1 Å². The quantitative estimate of drug-likeness (QED) is 0.835. The first kappa shape index (κ1) is 15.3. The van der Waals surface area contributed by atoms with Crippen LogP contribution in [0, 0.1) is 5.92 Å². The zero-order chi connectivity index (χ0) is 15.2. The molecule has 0 radical (unpaired) electrons. The zero-order valence-electron chi connectivity index (χ0n) is 12.1. The molecule has 1 atom stereocenters. The van der Waals surface area contributed by atoms with E-state index in [-0.39, 0.29) is 12.5 Å². The average Bonchev–Trinajstić information content (AvgIpc) is 2.97. The van der Waals surface area contributed by atoms with E-state index < -0.39 is 5.91 Å². The van der Waals surface area contributed by atoms with Crippen LogP contribution in [-0.2, 0) is 9.53 Å². The van der Waals surface area contributed by atoms with Crippen molar-refractivity contribution in [3.63, 3.8) is 0 Å². The van der Waals surface area contributed by atoms with Crippen LogP contribution in [0.3, 0.4) is 0 Å². The molecule has 6 nitrogen and oxygen atoms in total. The summed E-state index contributed by atoms with van der Waals surface area (Å²) >= 11 is 0. The minimum absolute atomic E-state index is 0.137. The lowest BCUT2D eigenvalue weighted by molar-refractivity contribution is -0.119. The van der Waals surface area contributed by atoms with Gasteiger partial charge in [-0.1, -0.05) is 12.1 Å². The van der Waals surface area contributed by atoms with Crippen molar-refractivity contribution in [3.05, 3.63) is 29.8 Å². The molecule has 21 heavy (non-hydrogen) atoms. The summed E-state index contributed by atoms with van der Waals surface area (Å²) in [4.78, 5) is 25.0. The Balaban J connectivity index is 2.04. The van der Waals surface area contributed by atoms with Crippen molar-refractivity contribution in [3.8, 4) is 5.75 Å². The molecule has 1 heterocycles. The lowest BCUT2D eigenvalue weighted by Gasteiger charge is -2.21. The van der Waals surface area contributed by atoms with E-state index in [2.05, 4.69) is 0 Å². The average molecular weight is 292 g/mol. The van der Waals surface area contributed by atoms with Crippen molar-refractivity contribution < 1.29 is 19.1 Å². The van der Waals surface area contributed by atoms with Gasteiger partial charge in [-0.15, -0.1) is 0 Å². The molecule has 1 aliphatic rings. The first-order chi connectivity index (χ1) is 10.1. The Labute approximate surface area is 123 Å². The lowest BCUT2D eigenvalue weighted by Crippen LogP contribution is -2.32. The Morgan fingerprint density at radius 2 is 2.19 bits per heavy atom. The number of para-hydroxylation sites is 1. The molecular formula is C15H20N2O4. The number of nitrogens with zero attached hydrogens (tertiary/aromatic N) is 1. The fourth-order valence-corrected chi connectivity index (χ4v) is 2.32. The highest BCUT2D eigenvalue weighted by atomic mass is 16.5. The largest absolute Gasteiger partial charge is 0.483 e. The van der Waals surface area contributed by atoms with E-state index >= 15 is 0 Å². The van der Waals surface area contributed by atoms with E-state index in [0.717, 1.165) is 13.0 Å². The van der Waals surface area contributed by atoms with Gasteiger partial charge in [0.15, 0.2) is 6.61 Å². The summed E-state index contributed by atoms with van der Waals surface area (Å²) in [6.07, 6.45) is 0.970. The molecule has 2 N–H and O–H groups in total. The van der Waals surface area contributed by atoms with Crippen LogP contribution in [-0.4, -0.2) is 50.1 Å². The zero-order valence-corrected chi connectivity index (χ0v) is 12.1. The van der Waals surface area contributed by atoms with Crippen LogP contribution in [0.2, 0.25) is 0 Å². The molecule has 0 bridgehead atoms. The van der Waals surface area contributed by atoms with Gasteiger partial charge in [0.25, 0.3) is 11.8 Å². The first-order valence-electron chi connectivity index (χ1n) is 6.91. The number of carbonyl (C=O) groups is 2. The third-order valence-electron chi connectivity index (χ3n) is 3.39. The normalized spacial score (nSPS) is 17.5. The van der Waals surface area contributed by atoms with E-state index in [1.54, 1.807) is 36.2 Å². The highest BCUT2D eigenvalue weighted by Gasteiger charge is 2.22. The topological polar surface area (TPSA) is 81.9 Å². The van der Waals surface area contributed by atoms with Crippen LogP contribution in [0.5, 0.6) is 5.75 Å². The molecule has 1 aromatic carbocycles. The smallest absolute Gasteiger partial charge is 0.257 e. The Morgan fingerprint density at radius 1 is 1.43 bits per heavy atom. The van der Waals surface area contributed by atoms with Crippen LogP contribution >= 0.6 is 0 Å². The molecule has 0 aliphatic carbocycles. The Morgan fingerprint density at radius 3 is 2.86 bits per heavy atom. The Kier molecular flexibility index (Phi) is 5.16. The maximum Gasteiger partial charge on any atom is 0.257 e. The summed E-state index contributed by atoms with van der Waals surface area (Å²) in [5.74, 6) is 0.0316. The molecule has 1 aromatic rings. The number of rotatable bonds is 6. The molecule has 1 unspecified atom stereocenters. The van der Waals surface area contributed by atoms with Crippen molar-refractivity contribution in [2.75, 3.05) is 33.4 Å². The molecule has 1 aliphatic heterocycles. The number of benzene rings is 1. The maximum absolute atomic E-state index is 12.5. The number of amides is 2. The monoisotopic (exact) mass is 292 g/mol. The number of ether oxygens (including phenoxy) is 2. The predicted molar refractivity (Wildman–Crippen MR) is 77.0 cm³/mol. The van der Waals surface area contributed by atoms with Gasteiger partial charge in [0.05, 0.1) is 12.2 Å². The minimum Gasteiger partial charge on any atom is -0.483 e. The molecule has 2 rings (SSSR count). The summed E-state index contributed by atoms with van der Waals surface area (Å²) in [6.45, 7) is 1.84. The SMILES string of the molecule is CN(CC1CCOC1)C(=O)c1ccccc1OCC(N)=O. The molecule has 1 fully saturated rings. The van der Waals surface area contributed by atoms with Crippen LogP contribution < -0.4 is 10.5 Å². The molecule has 0 spiro atoms. The number of primary amides is 1. The van der Waals surface area contributed by atoms with E-state index in [0.29, 0.717) is 30.4 Å². The number of hydrogen-bond acceptors (Lipinski definition) is 4. The number of hydrogen-bond donors (Lipinski definition) is 1. The summed E-state index contributed by atoms with van der Waals surface area (Å²) in [7, 11) is 1.76. The van der Waals surface area contributed by atoms with Crippen molar-refractivity contribution >= 4 is 11.8 Å². The first-order valence-corrected chi connectivity index (χ1v) is 6.91. The Bertz CT molecular complexity index is 512. The fourth-order valence-electron chi connectivity index (χ4n) is 2.32. The standard InChI is InChI=1S/C15H20N2O4/c1-17(8-11-6-7-20-9-11)15(19)12-4-2-3-5-13(12)21-10-14(16)18/h2-5,11H,6-10H2,1H3,(H2,16,18). The van der Waals surface area contributed by atoms with Crippen molar-refractivity contribution in [2.45, 2.75) is 6.42 Å². The second kappa shape index (κ2) is 7.08. The van der Waals surface area contributed by atoms with Gasteiger partial charge in [0.2, 0.25) is 0 Å². The fraction of sp³-hybridized carbons (Fsp3) is 0.467. The predicted octanol–water partition coefficient (Wildman–Crippen LogP) is 0.659. The van der Waals surface area contributed by atoms with Crippen molar-refractivity contribution in [1.82, 2.24) is 4.90 Å². The van der Waals surface area contributed by atoms with Gasteiger partial charge in [-0.2, -0.15) is 0 Å². The second-order valence-corrected chi connectivity index (χ2v) is 5.17. The summed E-state index contributed by atoms with van der Waals surface area (Å²) in [5, 5.41) is 0. The highest BCUT2D eigenvalue weighted by molar-refractivity contribution is 5.96. The van der Waals surface area contributed by atoms with Gasteiger partial charge in [-0.3, -0.25) is 9.59 Å². The lowest BCUT2D eigenvalue weighted by atomic mass is 10.1. The van der Waals surface area contributed by atoms with E-state index in [1.165, 1.54) is 0 Å². The maximum atomic E-state index is 12.5. The second-order valence-electron chi connectivity index (χ2n) is 5.17. The van der Waals surface area contributed by atoms with Crippen LogP contribution in [0.1, 0.15) is 16.8 Å². The molecule has 1 saturated heterocycles. The van der Waals surface area contributed by atoms with Gasteiger partial charge in [-0.25, -0.2) is 0 Å². The third kappa shape index (κ3) is 4.19. The summed E-state index contributed by atoms with van der Waals surface area (Å²) < 4.78 is 10.6. The molecule has 0 saturated carbocycles. The van der Waals surface area contributed by atoms with Crippen LogP contribution in [0.25, 0.3) is 0 Å². The van der Waals surface area contributed by atoms with Crippen molar-refractivity contribution in [1.29, 1.82) is 0 Å². The number of carbonyl (C=O) groups excluding carboxylic acids is 2. The molecular weight excluding hydrogens is 272 g/mol. The van der Waals surface area contributed by atoms with Gasteiger partial charge in [-0.05, 0) is 18.6 Å². The molecule has 0 aromatic heterocycles. The van der Waals surface area contributed by atoms with Crippen LogP contribution in [0.15, 0.2) is 24.3 Å². The highest BCUT2D eigenvalue weighted by Crippen LogP contribution is 2.21. The number of nitrogens with two attached hydrogens (primary N) is 1. The van der Waals surface area contributed by atoms with Gasteiger partial charge in [0.1, 0.15) is 5.75 Å². The van der Waals surface area contributed by atoms with Gasteiger partial charge < -0.3 is 20.1 Å².